The number of carboxylic acid groups (broad SMARTS) is 1. The monoisotopic (exact) mass is 241 g/mol. The highest BCUT2D eigenvalue weighted by Gasteiger charge is 2.29. The number of rotatable bonds is 3. The van der Waals surface area contributed by atoms with E-state index in [9.17, 15) is 9.59 Å². The minimum absolute atomic E-state index is 0.00583. The van der Waals surface area contributed by atoms with Crippen LogP contribution in [0.2, 0.25) is 0 Å². The molecule has 0 bridgehead atoms. The number of carboxylic acids is 1. The van der Waals surface area contributed by atoms with Crippen molar-refractivity contribution >= 4 is 28.3 Å². The third-order valence-electron chi connectivity index (χ3n) is 2.45. The zero-order valence-electron chi connectivity index (χ0n) is 8.64. The van der Waals surface area contributed by atoms with Crippen LogP contribution in [-0.2, 0) is 4.79 Å². The molecule has 1 saturated heterocycles. The molecular formula is C9H11N3O3S. The van der Waals surface area contributed by atoms with Crippen LogP contribution >= 0.6 is 11.3 Å². The van der Waals surface area contributed by atoms with Crippen molar-refractivity contribution in [2.24, 2.45) is 0 Å². The lowest BCUT2D eigenvalue weighted by Gasteiger charge is -2.10. The molecule has 1 unspecified atom stereocenters. The van der Waals surface area contributed by atoms with Gasteiger partial charge in [-0.15, -0.1) is 11.3 Å². The molecule has 0 radical (unpaired) electrons. The Morgan fingerprint density at radius 3 is 3.00 bits per heavy atom. The number of hydrogen-bond acceptors (Lipinski definition) is 5. The van der Waals surface area contributed by atoms with Gasteiger partial charge in [-0.1, -0.05) is 0 Å². The Labute approximate surface area is 95.9 Å². The number of carbonyl (C=O) groups is 2. The number of carbonyl (C=O) groups excluding carboxylic acids is 1. The Kier molecular flexibility index (Phi) is 2.78. The van der Waals surface area contributed by atoms with Crippen LogP contribution in [0.1, 0.15) is 16.9 Å². The maximum atomic E-state index is 11.6. The van der Waals surface area contributed by atoms with Gasteiger partial charge in [0.15, 0.2) is 10.8 Å². The summed E-state index contributed by atoms with van der Waals surface area (Å²) in [6.07, 6.45) is 0.720. The third-order valence-corrected chi connectivity index (χ3v) is 3.22. The van der Waals surface area contributed by atoms with E-state index in [4.69, 9.17) is 5.11 Å². The smallest absolute Gasteiger partial charge is 0.355 e. The molecule has 0 spiro atoms. The number of thiazole rings is 1. The fourth-order valence-electron chi connectivity index (χ4n) is 1.54. The van der Waals surface area contributed by atoms with E-state index >= 15 is 0 Å². The first-order chi connectivity index (χ1) is 7.58. The Balaban J connectivity index is 2.04. The summed E-state index contributed by atoms with van der Waals surface area (Å²) in [4.78, 5) is 27.7. The van der Waals surface area contributed by atoms with E-state index < -0.39 is 5.97 Å². The van der Waals surface area contributed by atoms with Crippen molar-refractivity contribution in [3.05, 3.63) is 11.1 Å². The number of aromatic carboxylic acids is 1. The van der Waals surface area contributed by atoms with Crippen molar-refractivity contribution in [2.45, 2.75) is 12.5 Å². The predicted octanol–water partition coefficient (Wildman–Crippen LogP) is 0.484. The summed E-state index contributed by atoms with van der Waals surface area (Å²) in [5, 5.41) is 13.6. The number of aromatic nitrogens is 1. The van der Waals surface area contributed by atoms with Crippen LogP contribution < -0.4 is 5.32 Å². The number of hydrogen-bond donors (Lipinski definition) is 2. The van der Waals surface area contributed by atoms with Gasteiger partial charge in [0.1, 0.15) is 6.04 Å². The highest BCUT2D eigenvalue weighted by Crippen LogP contribution is 2.20. The van der Waals surface area contributed by atoms with Crippen LogP contribution in [0.5, 0.6) is 0 Å². The summed E-state index contributed by atoms with van der Waals surface area (Å²) in [6.45, 7) is 0.716. The molecule has 0 aromatic carbocycles. The molecule has 2 rings (SSSR count). The van der Waals surface area contributed by atoms with E-state index in [0.29, 0.717) is 11.7 Å². The molecule has 7 heteroatoms. The summed E-state index contributed by atoms with van der Waals surface area (Å²) < 4.78 is 0. The van der Waals surface area contributed by atoms with E-state index in [0.717, 1.165) is 6.42 Å². The molecule has 0 aliphatic carbocycles. The lowest BCUT2D eigenvalue weighted by molar-refractivity contribution is -0.127. The normalized spacial score (nSPS) is 20.2. The second-order valence-electron chi connectivity index (χ2n) is 3.59. The first-order valence-corrected chi connectivity index (χ1v) is 5.66. The second kappa shape index (κ2) is 4.09. The highest BCUT2D eigenvalue weighted by atomic mass is 32.1. The molecule has 6 nitrogen and oxygen atoms in total. The summed E-state index contributed by atoms with van der Waals surface area (Å²) in [5.74, 6) is -1.04. The van der Waals surface area contributed by atoms with Crippen molar-refractivity contribution in [2.75, 3.05) is 18.9 Å². The summed E-state index contributed by atoms with van der Waals surface area (Å²) >= 11 is 1.19. The molecular weight excluding hydrogens is 230 g/mol. The molecule has 1 atom stereocenters. The van der Waals surface area contributed by atoms with Gasteiger partial charge in [-0.2, -0.15) is 0 Å². The molecule has 2 N–H and O–H groups in total. The average molecular weight is 241 g/mol. The molecule has 1 aromatic heterocycles. The summed E-state index contributed by atoms with van der Waals surface area (Å²) in [7, 11) is 1.74. The lowest BCUT2D eigenvalue weighted by atomic mass is 10.2. The minimum Gasteiger partial charge on any atom is -0.476 e. The number of likely N-dealkylation sites (tertiary alicyclic amines) is 1. The van der Waals surface area contributed by atoms with Gasteiger partial charge in [-0.25, -0.2) is 9.78 Å². The van der Waals surface area contributed by atoms with Crippen LogP contribution in [0.4, 0.5) is 5.13 Å². The van der Waals surface area contributed by atoms with Crippen molar-refractivity contribution in [3.63, 3.8) is 0 Å². The third kappa shape index (κ3) is 1.99. The molecule has 1 fully saturated rings. The van der Waals surface area contributed by atoms with Gasteiger partial charge in [0, 0.05) is 19.0 Å². The fourth-order valence-corrected chi connectivity index (χ4v) is 2.28. The fraction of sp³-hybridized carbons (Fsp3) is 0.444. The van der Waals surface area contributed by atoms with Gasteiger partial charge in [0.2, 0.25) is 5.91 Å². The van der Waals surface area contributed by atoms with Gasteiger partial charge in [-0.05, 0) is 6.42 Å². The van der Waals surface area contributed by atoms with Crippen molar-refractivity contribution in [1.29, 1.82) is 0 Å². The maximum Gasteiger partial charge on any atom is 0.355 e. The average Bonchev–Trinajstić information content (AvgIpc) is 2.81. The molecule has 86 valence electrons. The number of nitrogens with one attached hydrogen (secondary N) is 1. The highest BCUT2D eigenvalue weighted by molar-refractivity contribution is 7.13. The molecule has 1 amide bonds. The Morgan fingerprint density at radius 1 is 1.75 bits per heavy atom. The van der Waals surface area contributed by atoms with Crippen molar-refractivity contribution in [1.82, 2.24) is 9.88 Å². The van der Waals surface area contributed by atoms with Gasteiger partial charge in [0.05, 0.1) is 0 Å². The van der Waals surface area contributed by atoms with Crippen LogP contribution in [0, 0.1) is 0 Å². The number of amides is 1. The van der Waals surface area contributed by atoms with Crippen LogP contribution in [0.3, 0.4) is 0 Å². The van der Waals surface area contributed by atoms with E-state index in [1.807, 2.05) is 0 Å². The largest absolute Gasteiger partial charge is 0.476 e. The van der Waals surface area contributed by atoms with Crippen LogP contribution in [-0.4, -0.2) is 46.5 Å². The van der Waals surface area contributed by atoms with Crippen LogP contribution in [0.15, 0.2) is 5.38 Å². The standard InChI is InChI=1S/C9H11N3O3S/c1-12-3-2-5(7(12)13)10-9-11-6(4-16-9)8(14)15/h4-5H,2-3H2,1H3,(H,10,11)(H,14,15). The molecule has 1 aliphatic rings. The van der Waals surface area contributed by atoms with E-state index in [1.54, 1.807) is 11.9 Å². The number of anilines is 1. The Morgan fingerprint density at radius 2 is 2.50 bits per heavy atom. The van der Waals surface area contributed by atoms with Crippen molar-refractivity contribution in [3.8, 4) is 0 Å². The lowest BCUT2D eigenvalue weighted by Crippen LogP contribution is -2.30. The van der Waals surface area contributed by atoms with Gasteiger partial charge < -0.3 is 15.3 Å². The Hall–Kier alpha value is -1.63. The first kappa shape index (κ1) is 10.9. The van der Waals surface area contributed by atoms with Crippen molar-refractivity contribution < 1.29 is 14.7 Å². The zero-order chi connectivity index (χ0) is 11.7. The SMILES string of the molecule is CN1CCC(Nc2nc(C(=O)O)cs2)C1=O. The summed E-state index contributed by atoms with van der Waals surface area (Å²) in [5.41, 5.74) is 0.00583. The zero-order valence-corrected chi connectivity index (χ0v) is 9.45. The second-order valence-corrected chi connectivity index (χ2v) is 4.45. The molecule has 0 saturated carbocycles. The molecule has 2 heterocycles. The van der Waals surface area contributed by atoms with Gasteiger partial charge in [-0.3, -0.25) is 4.79 Å². The number of likely N-dealkylation sites (N-methyl/N-ethyl adjacent to an activating group) is 1. The van der Waals surface area contributed by atoms with Crippen LogP contribution in [0.25, 0.3) is 0 Å². The maximum absolute atomic E-state index is 11.6. The minimum atomic E-state index is -1.06. The van der Waals surface area contributed by atoms with E-state index in [-0.39, 0.29) is 17.6 Å². The Bertz CT molecular complexity index is 431. The molecule has 16 heavy (non-hydrogen) atoms. The van der Waals surface area contributed by atoms with Gasteiger partial charge >= 0.3 is 5.97 Å². The van der Waals surface area contributed by atoms with E-state index in [2.05, 4.69) is 10.3 Å². The summed E-state index contributed by atoms with van der Waals surface area (Å²) in [6, 6.07) is -0.280. The molecule has 1 aliphatic heterocycles. The first-order valence-electron chi connectivity index (χ1n) is 4.78. The number of nitrogens with zero attached hydrogens (tertiary/aromatic N) is 2. The van der Waals surface area contributed by atoms with E-state index in [1.165, 1.54) is 16.7 Å². The predicted molar refractivity (Wildman–Crippen MR) is 58.7 cm³/mol. The molecule has 1 aromatic rings. The van der Waals surface area contributed by atoms with Gasteiger partial charge in [0.25, 0.3) is 0 Å². The topological polar surface area (TPSA) is 82.5 Å². The quantitative estimate of drug-likeness (QED) is 0.804.